The van der Waals surface area contributed by atoms with Crippen molar-refractivity contribution in [2.75, 3.05) is 0 Å². The normalized spacial score (nSPS) is 12.9. The molecule has 0 unspecified atom stereocenters. The number of nitrogens with one attached hydrogen (secondary N) is 1. The largest absolute Gasteiger partial charge is 0.504 e. The van der Waals surface area contributed by atoms with Gasteiger partial charge in [0.1, 0.15) is 10.6 Å². The van der Waals surface area contributed by atoms with Crippen molar-refractivity contribution in [1.29, 1.82) is 5.41 Å². The lowest BCUT2D eigenvalue weighted by Gasteiger charge is -2.16. The molecule has 11 nitrogen and oxygen atoms in total. The van der Waals surface area contributed by atoms with E-state index in [9.17, 15) is 43.5 Å². The first kappa shape index (κ1) is 23.3. The van der Waals surface area contributed by atoms with E-state index in [1.807, 2.05) is 0 Å². The average molecular weight is 497 g/mol. The molecule has 4 rings (SSSR count). The summed E-state index contributed by atoms with van der Waals surface area (Å²) >= 11 is 0. The Morgan fingerprint density at radius 3 is 2.11 bits per heavy atom. The number of allylic oxidation sites excluding steroid dienone is 1. The van der Waals surface area contributed by atoms with Gasteiger partial charge in [-0.15, -0.1) is 0 Å². The number of hydrogen-bond acceptors (Lipinski definition) is 11. The number of carbonyl (C=O) groups is 2. The molecule has 0 aliphatic heterocycles. The number of carbonyl (C=O) groups excluding carboxylic acids is 2. The summed E-state index contributed by atoms with van der Waals surface area (Å²) in [4.78, 5) is 24.4. The van der Waals surface area contributed by atoms with Gasteiger partial charge in [-0.3, -0.25) is 15.0 Å². The van der Waals surface area contributed by atoms with Crippen molar-refractivity contribution in [3.8, 4) is 34.5 Å². The van der Waals surface area contributed by atoms with E-state index in [4.69, 9.17) is 9.59 Å². The van der Waals surface area contributed by atoms with Crippen LogP contribution in [0.25, 0.3) is 6.08 Å². The van der Waals surface area contributed by atoms with Crippen molar-refractivity contribution in [2.24, 2.45) is 0 Å². The second kappa shape index (κ2) is 8.18. The Balaban J connectivity index is 1.72. The Morgan fingerprint density at radius 2 is 1.43 bits per heavy atom. The summed E-state index contributed by atoms with van der Waals surface area (Å²) in [6, 6.07) is 7.44. The van der Waals surface area contributed by atoms with Gasteiger partial charge in [0.25, 0.3) is 0 Å². The molecule has 178 valence electrons. The number of aromatic hydroxyl groups is 5. The number of phenolic OH excluding ortho intramolecular Hbond substituents is 5. The lowest BCUT2D eigenvalue weighted by molar-refractivity contribution is 0.103. The van der Waals surface area contributed by atoms with E-state index in [2.05, 4.69) is 0 Å². The third-order valence-electron chi connectivity index (χ3n) is 5.17. The second-order valence-corrected chi connectivity index (χ2v) is 8.81. The highest BCUT2D eigenvalue weighted by molar-refractivity contribution is 7.87. The van der Waals surface area contributed by atoms with Crippen LogP contribution in [0.2, 0.25) is 0 Å². The zero-order valence-electron chi connectivity index (χ0n) is 17.4. The minimum absolute atomic E-state index is 0.0216. The van der Waals surface area contributed by atoms with Crippen LogP contribution in [0.15, 0.2) is 53.4 Å². The molecule has 0 atom stereocenters. The summed E-state index contributed by atoms with van der Waals surface area (Å²) in [7, 11) is -4.67. The molecule has 3 aromatic carbocycles. The van der Waals surface area contributed by atoms with Gasteiger partial charge in [0, 0.05) is 11.1 Å². The van der Waals surface area contributed by atoms with Gasteiger partial charge in [0.05, 0.1) is 11.1 Å². The molecule has 0 heterocycles. The fourth-order valence-electron chi connectivity index (χ4n) is 3.39. The minimum atomic E-state index is -4.67. The lowest BCUT2D eigenvalue weighted by Crippen LogP contribution is -2.19. The summed E-state index contributed by atoms with van der Waals surface area (Å²) in [6.45, 7) is 0. The molecule has 0 bridgehead atoms. The van der Waals surface area contributed by atoms with Crippen LogP contribution >= 0.6 is 0 Å². The summed E-state index contributed by atoms with van der Waals surface area (Å²) in [5.74, 6) is -7.33. The maximum atomic E-state index is 12.9. The topological polar surface area (TPSA) is 203 Å². The Morgan fingerprint density at radius 1 is 0.800 bits per heavy atom. The van der Waals surface area contributed by atoms with Gasteiger partial charge in [-0.2, -0.15) is 8.42 Å². The first-order valence-corrected chi connectivity index (χ1v) is 11.1. The third kappa shape index (κ3) is 3.81. The first-order valence-electron chi connectivity index (χ1n) is 9.66. The molecule has 12 heteroatoms. The third-order valence-corrected chi connectivity index (χ3v) is 6.47. The quantitative estimate of drug-likeness (QED) is 0.173. The van der Waals surface area contributed by atoms with Gasteiger partial charge in [-0.1, -0.05) is 18.2 Å². The van der Waals surface area contributed by atoms with Crippen LogP contribution < -0.4 is 4.18 Å². The summed E-state index contributed by atoms with van der Waals surface area (Å²) in [5, 5.41) is 57.2. The molecule has 6 N–H and O–H groups in total. The average Bonchev–Trinajstić information content (AvgIpc) is 2.82. The van der Waals surface area contributed by atoms with E-state index in [0.717, 1.165) is 36.4 Å². The molecular formula is C23H15NO10S. The Kier molecular flexibility index (Phi) is 5.45. The summed E-state index contributed by atoms with van der Waals surface area (Å²) < 4.78 is 30.8. The second-order valence-electron chi connectivity index (χ2n) is 7.30. The van der Waals surface area contributed by atoms with Crippen molar-refractivity contribution in [1.82, 2.24) is 0 Å². The highest BCUT2D eigenvalue weighted by Crippen LogP contribution is 2.43. The van der Waals surface area contributed by atoms with Crippen LogP contribution in [0, 0.1) is 5.41 Å². The number of phenols is 5. The number of rotatable bonds is 5. The van der Waals surface area contributed by atoms with E-state index in [0.29, 0.717) is 0 Å². The van der Waals surface area contributed by atoms with Crippen LogP contribution in [0.5, 0.6) is 34.5 Å². The van der Waals surface area contributed by atoms with Gasteiger partial charge in [0.15, 0.2) is 23.0 Å². The number of fused-ring (bicyclic) bond motifs is 1. The maximum Gasteiger partial charge on any atom is 0.339 e. The fourth-order valence-corrected chi connectivity index (χ4v) is 4.54. The molecular weight excluding hydrogens is 482 g/mol. The molecule has 0 radical (unpaired) electrons. The van der Waals surface area contributed by atoms with E-state index in [1.165, 1.54) is 18.2 Å². The Bertz CT molecular complexity index is 1590. The molecule has 0 saturated carbocycles. The summed E-state index contributed by atoms with van der Waals surface area (Å²) in [6.07, 6.45) is 2.39. The number of benzene rings is 3. The zero-order chi connectivity index (χ0) is 25.7. The van der Waals surface area contributed by atoms with Crippen LogP contribution in [0.4, 0.5) is 0 Å². The van der Waals surface area contributed by atoms with Crippen molar-refractivity contribution in [3.05, 3.63) is 70.8 Å². The molecule has 3 aromatic rings. The molecule has 35 heavy (non-hydrogen) atoms. The standard InChI is InChI=1S/C23H15NO10S/c24-14-7-4-10-11(19(14)27)2-1-3-17(10)35(32,33)34-16-9-6-13(21(29)23(16)31)18(26)12-5-8-15(25)22(30)20(12)28/h1-9,24-25,28-31H. The van der Waals surface area contributed by atoms with E-state index >= 15 is 0 Å². The smallest absolute Gasteiger partial charge is 0.339 e. The Hall–Kier alpha value is -4.84. The molecule has 0 fully saturated rings. The first-order chi connectivity index (χ1) is 16.4. The SMILES string of the molecule is N=C1C=Cc2c(cccc2S(=O)(=O)Oc2ccc(C(=O)c3ccc(O)c(O)c3O)c(O)c2O)C1=O. The van der Waals surface area contributed by atoms with Crippen molar-refractivity contribution in [2.45, 2.75) is 4.90 Å². The van der Waals surface area contributed by atoms with Crippen LogP contribution in [0.3, 0.4) is 0 Å². The fraction of sp³-hybridized carbons (Fsp3) is 0. The van der Waals surface area contributed by atoms with Gasteiger partial charge < -0.3 is 29.7 Å². The van der Waals surface area contributed by atoms with Crippen LogP contribution in [0.1, 0.15) is 31.8 Å². The van der Waals surface area contributed by atoms with Gasteiger partial charge in [0.2, 0.25) is 23.1 Å². The molecule has 0 aromatic heterocycles. The van der Waals surface area contributed by atoms with Crippen LogP contribution in [-0.4, -0.2) is 51.2 Å². The zero-order valence-corrected chi connectivity index (χ0v) is 18.2. The molecule has 0 spiro atoms. The predicted octanol–water partition coefficient (Wildman–Crippen LogP) is 2.44. The van der Waals surface area contributed by atoms with Gasteiger partial charge in [-0.05, 0) is 36.4 Å². The van der Waals surface area contributed by atoms with Gasteiger partial charge >= 0.3 is 10.1 Å². The van der Waals surface area contributed by atoms with Crippen LogP contribution in [-0.2, 0) is 10.1 Å². The maximum absolute atomic E-state index is 12.9. The molecule has 0 saturated heterocycles. The van der Waals surface area contributed by atoms with E-state index in [1.54, 1.807) is 0 Å². The predicted molar refractivity (Wildman–Crippen MR) is 120 cm³/mol. The monoisotopic (exact) mass is 497 g/mol. The number of Topliss-reactive ketones (excluding diaryl/α,β-unsaturated/α-hetero) is 1. The molecule has 0 amide bonds. The Labute approximate surface area is 197 Å². The number of ketones is 2. The lowest BCUT2D eigenvalue weighted by atomic mass is 9.95. The highest BCUT2D eigenvalue weighted by Gasteiger charge is 2.30. The molecule has 1 aliphatic rings. The van der Waals surface area contributed by atoms with Crippen molar-refractivity contribution in [3.63, 3.8) is 0 Å². The van der Waals surface area contributed by atoms with E-state index < -0.39 is 72.2 Å². The minimum Gasteiger partial charge on any atom is -0.504 e. The summed E-state index contributed by atoms with van der Waals surface area (Å²) in [5.41, 5.74) is -1.48. The van der Waals surface area contributed by atoms with Gasteiger partial charge in [-0.25, -0.2) is 0 Å². The van der Waals surface area contributed by atoms with Crippen molar-refractivity contribution >= 4 is 33.5 Å². The number of hydrogen-bond donors (Lipinski definition) is 6. The highest BCUT2D eigenvalue weighted by atomic mass is 32.2. The molecule has 1 aliphatic carbocycles. The van der Waals surface area contributed by atoms with Crippen molar-refractivity contribution < 1.29 is 47.7 Å². The van der Waals surface area contributed by atoms with E-state index in [-0.39, 0.29) is 16.8 Å².